The van der Waals surface area contributed by atoms with Gasteiger partial charge in [0.25, 0.3) is 0 Å². The van der Waals surface area contributed by atoms with E-state index in [1.165, 1.54) is 41.5 Å². The van der Waals surface area contributed by atoms with Crippen LogP contribution in [0.25, 0.3) is 0 Å². The van der Waals surface area contributed by atoms with Crippen LogP contribution in [0.5, 0.6) is 0 Å². The van der Waals surface area contributed by atoms with E-state index in [9.17, 15) is 0 Å². The zero-order chi connectivity index (χ0) is 14.0. The van der Waals surface area contributed by atoms with Crippen LogP contribution in [0, 0.1) is 26.2 Å². The summed E-state index contributed by atoms with van der Waals surface area (Å²) in [4.78, 5) is 2.45. The van der Waals surface area contributed by atoms with Gasteiger partial charge in [-0.3, -0.25) is 0 Å². The van der Waals surface area contributed by atoms with Gasteiger partial charge in [0.2, 0.25) is 0 Å². The maximum atomic E-state index is 5.96. The Kier molecular flexibility index (Phi) is 4.32. The summed E-state index contributed by atoms with van der Waals surface area (Å²) < 4.78 is 0. The Morgan fingerprint density at radius 3 is 2.37 bits per heavy atom. The van der Waals surface area contributed by atoms with E-state index in [0.29, 0.717) is 5.41 Å². The average molecular weight is 260 g/mol. The molecular weight excluding hydrogens is 232 g/mol. The molecule has 106 valence electrons. The third kappa shape index (κ3) is 3.01. The molecule has 1 aromatic carbocycles. The molecule has 0 unspecified atom stereocenters. The Morgan fingerprint density at radius 1 is 1.16 bits per heavy atom. The van der Waals surface area contributed by atoms with Crippen LogP contribution in [0.2, 0.25) is 0 Å². The van der Waals surface area contributed by atoms with Crippen LogP contribution in [0.1, 0.15) is 41.5 Å². The number of benzene rings is 1. The summed E-state index contributed by atoms with van der Waals surface area (Å²) in [5.41, 5.74) is 12.1. The Bertz CT molecular complexity index is 441. The number of hydrogen-bond acceptors (Lipinski definition) is 2. The highest BCUT2D eigenvalue weighted by molar-refractivity contribution is 5.38. The normalized spacial score (nSPS) is 17.6. The minimum absolute atomic E-state index is 0.405. The maximum Gasteiger partial charge on any atom is 0.0233 e. The van der Waals surface area contributed by atoms with Gasteiger partial charge in [0.1, 0.15) is 0 Å². The van der Waals surface area contributed by atoms with Crippen LogP contribution in [-0.4, -0.2) is 25.0 Å². The fourth-order valence-corrected chi connectivity index (χ4v) is 3.21. The number of nitrogens with two attached hydrogens (primary N) is 1. The first-order chi connectivity index (χ1) is 8.97. The van der Waals surface area contributed by atoms with Crippen LogP contribution in [-0.2, 0) is 6.54 Å². The molecule has 2 nitrogen and oxygen atoms in total. The molecule has 2 N–H and O–H groups in total. The highest BCUT2D eigenvalue weighted by Gasteiger charge is 2.36. The van der Waals surface area contributed by atoms with E-state index in [0.717, 1.165) is 19.6 Å². The molecule has 0 bridgehead atoms. The van der Waals surface area contributed by atoms with Gasteiger partial charge >= 0.3 is 0 Å². The van der Waals surface area contributed by atoms with Crippen molar-refractivity contribution >= 4 is 0 Å². The van der Waals surface area contributed by atoms with Crippen LogP contribution < -0.4 is 5.73 Å². The molecule has 0 heterocycles. The summed E-state index contributed by atoms with van der Waals surface area (Å²) in [5, 5.41) is 0. The summed E-state index contributed by atoms with van der Waals surface area (Å²) >= 11 is 0. The SMILES string of the molecule is Cc1ccc(CN(C)CC2(CN)CCC2)c(C)c1C. The first-order valence-corrected chi connectivity index (χ1v) is 7.42. The lowest BCUT2D eigenvalue weighted by atomic mass is 9.68. The highest BCUT2D eigenvalue weighted by atomic mass is 15.1. The second kappa shape index (κ2) is 5.64. The van der Waals surface area contributed by atoms with E-state index in [2.05, 4.69) is 44.9 Å². The Labute approximate surface area is 118 Å². The van der Waals surface area contributed by atoms with E-state index < -0.39 is 0 Å². The minimum atomic E-state index is 0.405. The average Bonchev–Trinajstić information content (AvgIpc) is 2.35. The molecule has 0 amide bonds. The fraction of sp³-hybridized carbons (Fsp3) is 0.647. The van der Waals surface area contributed by atoms with Crippen molar-refractivity contribution in [2.75, 3.05) is 20.1 Å². The standard InChI is InChI=1S/C17H28N2/c1-13-6-7-16(15(3)14(13)2)10-19(4)12-17(11-18)8-5-9-17/h6-7H,5,8-12,18H2,1-4H3. The first-order valence-electron chi connectivity index (χ1n) is 7.42. The van der Waals surface area contributed by atoms with Gasteiger partial charge in [0.15, 0.2) is 0 Å². The predicted molar refractivity (Wildman–Crippen MR) is 82.3 cm³/mol. The number of rotatable bonds is 5. The van der Waals surface area contributed by atoms with E-state index in [1.807, 2.05) is 0 Å². The largest absolute Gasteiger partial charge is 0.330 e. The molecule has 0 aromatic heterocycles. The van der Waals surface area contributed by atoms with Crippen molar-refractivity contribution < 1.29 is 0 Å². The van der Waals surface area contributed by atoms with Crippen LogP contribution in [0.4, 0.5) is 0 Å². The summed E-state index contributed by atoms with van der Waals surface area (Å²) in [6.07, 6.45) is 3.97. The summed E-state index contributed by atoms with van der Waals surface area (Å²) in [5.74, 6) is 0. The van der Waals surface area contributed by atoms with Gasteiger partial charge in [-0.2, -0.15) is 0 Å². The quantitative estimate of drug-likeness (QED) is 0.881. The van der Waals surface area contributed by atoms with Crippen molar-refractivity contribution in [3.05, 3.63) is 34.4 Å². The topological polar surface area (TPSA) is 29.3 Å². The lowest BCUT2D eigenvalue weighted by molar-refractivity contribution is 0.0844. The monoisotopic (exact) mass is 260 g/mol. The third-order valence-electron chi connectivity index (χ3n) is 5.06. The van der Waals surface area contributed by atoms with Gasteiger partial charge < -0.3 is 10.6 Å². The molecular formula is C17H28N2. The lowest BCUT2D eigenvalue weighted by Crippen LogP contribution is -2.45. The van der Waals surface area contributed by atoms with Crippen LogP contribution in [0.3, 0.4) is 0 Å². The molecule has 0 saturated heterocycles. The second-order valence-corrected chi connectivity index (χ2v) is 6.52. The van der Waals surface area contributed by atoms with E-state index in [4.69, 9.17) is 5.73 Å². The number of nitrogens with zero attached hydrogens (tertiary/aromatic N) is 1. The van der Waals surface area contributed by atoms with Crippen molar-refractivity contribution in [3.8, 4) is 0 Å². The fourth-order valence-electron chi connectivity index (χ4n) is 3.21. The smallest absolute Gasteiger partial charge is 0.0233 e. The molecule has 0 spiro atoms. The lowest BCUT2D eigenvalue weighted by Gasteiger charge is -2.43. The molecule has 1 fully saturated rings. The predicted octanol–water partition coefficient (Wildman–Crippen LogP) is 3.17. The minimum Gasteiger partial charge on any atom is -0.330 e. The molecule has 1 aromatic rings. The third-order valence-corrected chi connectivity index (χ3v) is 5.06. The molecule has 0 atom stereocenters. The Balaban J connectivity index is 2.03. The van der Waals surface area contributed by atoms with Gasteiger partial charge in [-0.1, -0.05) is 18.6 Å². The first kappa shape index (κ1) is 14.5. The highest BCUT2D eigenvalue weighted by Crippen LogP contribution is 2.40. The van der Waals surface area contributed by atoms with Gasteiger partial charge in [0, 0.05) is 13.1 Å². The van der Waals surface area contributed by atoms with E-state index in [-0.39, 0.29) is 0 Å². The Hall–Kier alpha value is -0.860. The van der Waals surface area contributed by atoms with Gasteiger partial charge in [0.05, 0.1) is 0 Å². The second-order valence-electron chi connectivity index (χ2n) is 6.52. The number of aryl methyl sites for hydroxylation is 1. The van der Waals surface area contributed by atoms with Crippen molar-refractivity contribution in [1.29, 1.82) is 0 Å². The number of hydrogen-bond donors (Lipinski definition) is 1. The summed E-state index contributed by atoms with van der Waals surface area (Å²) in [6, 6.07) is 4.53. The molecule has 2 heteroatoms. The Morgan fingerprint density at radius 2 is 1.84 bits per heavy atom. The van der Waals surface area contributed by atoms with Crippen molar-refractivity contribution in [1.82, 2.24) is 4.90 Å². The summed E-state index contributed by atoms with van der Waals surface area (Å²) in [7, 11) is 2.23. The molecule has 1 saturated carbocycles. The van der Waals surface area contributed by atoms with Crippen LogP contribution >= 0.6 is 0 Å². The van der Waals surface area contributed by atoms with Gasteiger partial charge in [-0.15, -0.1) is 0 Å². The van der Waals surface area contributed by atoms with Crippen molar-refractivity contribution in [2.24, 2.45) is 11.1 Å². The zero-order valence-electron chi connectivity index (χ0n) is 12.9. The summed E-state index contributed by atoms with van der Waals surface area (Å²) in [6.45, 7) is 9.66. The molecule has 1 aliphatic rings. The van der Waals surface area contributed by atoms with Gasteiger partial charge in [-0.25, -0.2) is 0 Å². The van der Waals surface area contributed by atoms with Crippen LogP contribution in [0.15, 0.2) is 12.1 Å². The van der Waals surface area contributed by atoms with E-state index >= 15 is 0 Å². The van der Waals surface area contributed by atoms with Crippen molar-refractivity contribution in [2.45, 2.75) is 46.6 Å². The molecule has 0 aliphatic heterocycles. The molecule has 2 rings (SSSR count). The van der Waals surface area contributed by atoms with Gasteiger partial charge in [-0.05, 0) is 74.9 Å². The molecule has 19 heavy (non-hydrogen) atoms. The van der Waals surface area contributed by atoms with Crippen molar-refractivity contribution in [3.63, 3.8) is 0 Å². The maximum absolute atomic E-state index is 5.96. The zero-order valence-corrected chi connectivity index (χ0v) is 12.9. The van der Waals surface area contributed by atoms with E-state index in [1.54, 1.807) is 0 Å². The molecule has 1 aliphatic carbocycles. The molecule has 0 radical (unpaired) electrons.